The van der Waals surface area contributed by atoms with Gasteiger partial charge in [0.05, 0.1) is 16.9 Å². The molecule has 5 nitrogen and oxygen atoms in total. The van der Waals surface area contributed by atoms with Crippen LogP contribution in [0, 0.1) is 0 Å². The van der Waals surface area contributed by atoms with Crippen LogP contribution in [0.25, 0.3) is 6.08 Å². The number of aliphatic carboxylic acids is 1. The number of aromatic nitrogens is 1. The number of hydrogen-bond donors (Lipinski definition) is 0. The van der Waals surface area contributed by atoms with Crippen molar-refractivity contribution in [1.29, 1.82) is 0 Å². The van der Waals surface area contributed by atoms with Crippen LogP contribution in [0.2, 0.25) is 0 Å². The van der Waals surface area contributed by atoms with E-state index in [1.165, 1.54) is 6.92 Å². The minimum atomic E-state index is -1.33. The van der Waals surface area contributed by atoms with Gasteiger partial charge in [-0.15, -0.1) is 0 Å². The molecule has 1 aromatic heterocycles. The summed E-state index contributed by atoms with van der Waals surface area (Å²) in [5.41, 5.74) is 0.740. The number of carbonyl (C=O) groups is 2. The highest BCUT2D eigenvalue weighted by Crippen LogP contribution is 2.33. The van der Waals surface area contributed by atoms with Crippen molar-refractivity contribution in [3.05, 3.63) is 35.0 Å². The molecule has 0 saturated carbocycles. The molecule has 7 heteroatoms. The SMILES string of the molecule is CC(C(=O)[O-])N1C(=O)/C(=C/c2cccc[nH+]2)SC1=S. The Morgan fingerprint density at radius 1 is 1.58 bits per heavy atom. The number of rotatable bonds is 3. The van der Waals surface area contributed by atoms with E-state index in [0.717, 1.165) is 22.4 Å². The second-order valence-electron chi connectivity index (χ2n) is 3.86. The highest BCUT2D eigenvalue weighted by Gasteiger charge is 2.36. The molecule has 98 valence electrons. The number of hydrogen-bond acceptors (Lipinski definition) is 5. The van der Waals surface area contributed by atoms with Crippen LogP contribution in [-0.4, -0.2) is 27.1 Å². The molecule has 1 aliphatic rings. The van der Waals surface area contributed by atoms with Crippen molar-refractivity contribution in [2.24, 2.45) is 0 Å². The average molecular weight is 294 g/mol. The fourth-order valence-electron chi connectivity index (χ4n) is 1.56. The summed E-state index contributed by atoms with van der Waals surface area (Å²) < 4.78 is 0.226. The first-order valence-corrected chi connectivity index (χ1v) is 6.68. The van der Waals surface area contributed by atoms with Gasteiger partial charge in [0.25, 0.3) is 5.91 Å². The standard InChI is InChI=1S/C12H10N2O3S2/c1-7(11(16)17)14-10(15)9(19-12(14)18)6-8-4-2-3-5-13-8/h2-7H,1H3,(H,16,17)/b9-6-. The Hall–Kier alpha value is -1.73. The molecular weight excluding hydrogens is 284 g/mol. The van der Waals surface area contributed by atoms with E-state index in [2.05, 4.69) is 4.98 Å². The van der Waals surface area contributed by atoms with Gasteiger partial charge in [0, 0.05) is 18.2 Å². The number of amides is 1. The molecule has 0 bridgehead atoms. The highest BCUT2D eigenvalue weighted by molar-refractivity contribution is 8.26. The monoisotopic (exact) mass is 294 g/mol. The average Bonchev–Trinajstić information content (AvgIpc) is 2.65. The third-order valence-corrected chi connectivity index (χ3v) is 3.90. The quantitative estimate of drug-likeness (QED) is 0.572. The minimum Gasteiger partial charge on any atom is -0.548 e. The van der Waals surface area contributed by atoms with E-state index in [0.29, 0.717) is 4.91 Å². The first-order chi connectivity index (χ1) is 9.00. The van der Waals surface area contributed by atoms with E-state index in [1.807, 2.05) is 12.1 Å². The number of nitrogens with one attached hydrogen (secondary N) is 1. The van der Waals surface area contributed by atoms with Gasteiger partial charge in [-0.1, -0.05) is 24.0 Å². The highest BCUT2D eigenvalue weighted by atomic mass is 32.2. The summed E-state index contributed by atoms with van der Waals surface area (Å²) in [5.74, 6) is -1.74. The van der Waals surface area contributed by atoms with E-state index in [-0.39, 0.29) is 4.32 Å². The molecule has 1 fully saturated rings. The maximum Gasteiger partial charge on any atom is 0.267 e. The van der Waals surface area contributed by atoms with Crippen molar-refractivity contribution < 1.29 is 19.7 Å². The lowest BCUT2D eigenvalue weighted by Gasteiger charge is -2.23. The van der Waals surface area contributed by atoms with Crippen molar-refractivity contribution in [1.82, 2.24) is 4.90 Å². The Morgan fingerprint density at radius 3 is 2.89 bits per heavy atom. The summed E-state index contributed by atoms with van der Waals surface area (Å²) in [6.45, 7) is 1.37. The fourth-order valence-corrected chi connectivity index (χ4v) is 2.97. The van der Waals surface area contributed by atoms with E-state index in [9.17, 15) is 14.7 Å². The molecule has 19 heavy (non-hydrogen) atoms. The van der Waals surface area contributed by atoms with Gasteiger partial charge >= 0.3 is 0 Å². The number of H-pyrrole nitrogens is 1. The maximum atomic E-state index is 12.1. The summed E-state index contributed by atoms with van der Waals surface area (Å²) >= 11 is 6.11. The van der Waals surface area contributed by atoms with Crippen LogP contribution in [0.5, 0.6) is 0 Å². The van der Waals surface area contributed by atoms with Crippen LogP contribution in [0.4, 0.5) is 0 Å². The third-order valence-electron chi connectivity index (χ3n) is 2.57. The van der Waals surface area contributed by atoms with Gasteiger partial charge in [-0.3, -0.25) is 9.69 Å². The molecule has 0 aromatic carbocycles. The van der Waals surface area contributed by atoms with Crippen molar-refractivity contribution in [2.45, 2.75) is 13.0 Å². The number of pyridine rings is 1. The summed E-state index contributed by atoms with van der Waals surface area (Å²) in [7, 11) is 0. The van der Waals surface area contributed by atoms with Gasteiger partial charge in [0.15, 0.2) is 6.20 Å². The zero-order chi connectivity index (χ0) is 14.0. The smallest absolute Gasteiger partial charge is 0.267 e. The Morgan fingerprint density at radius 2 is 2.32 bits per heavy atom. The molecule has 1 saturated heterocycles. The largest absolute Gasteiger partial charge is 0.548 e. The molecule has 2 heterocycles. The molecule has 1 unspecified atom stereocenters. The lowest BCUT2D eigenvalue weighted by atomic mass is 10.2. The Labute approximate surface area is 119 Å². The maximum absolute atomic E-state index is 12.1. The Bertz CT molecular complexity index is 572. The molecule has 0 radical (unpaired) electrons. The van der Waals surface area contributed by atoms with Gasteiger partial charge in [0.1, 0.15) is 4.32 Å². The van der Waals surface area contributed by atoms with Crippen LogP contribution in [-0.2, 0) is 9.59 Å². The summed E-state index contributed by atoms with van der Waals surface area (Å²) in [6, 6.07) is 4.38. The third kappa shape index (κ3) is 2.82. The number of thioether (sulfide) groups is 1. The first kappa shape index (κ1) is 13.7. The zero-order valence-corrected chi connectivity index (χ0v) is 11.6. The van der Waals surface area contributed by atoms with Gasteiger partial charge in [-0.05, 0) is 13.0 Å². The van der Waals surface area contributed by atoms with Crippen molar-refractivity contribution >= 4 is 46.3 Å². The summed E-state index contributed by atoms with van der Waals surface area (Å²) in [4.78, 5) is 27.4. The van der Waals surface area contributed by atoms with Crippen molar-refractivity contribution in [3.63, 3.8) is 0 Å². The van der Waals surface area contributed by atoms with E-state index in [1.54, 1.807) is 18.3 Å². The molecule has 0 aliphatic carbocycles. The normalized spacial score (nSPS) is 19.0. The molecule has 2 rings (SSSR count). The minimum absolute atomic E-state index is 0.226. The zero-order valence-electron chi connectivity index (χ0n) is 9.95. The summed E-state index contributed by atoms with van der Waals surface area (Å²) in [5, 5.41) is 10.8. The van der Waals surface area contributed by atoms with E-state index >= 15 is 0 Å². The molecule has 0 spiro atoms. The number of thiocarbonyl (C=S) groups is 1. The van der Waals surface area contributed by atoms with Crippen LogP contribution in [0.15, 0.2) is 29.3 Å². The van der Waals surface area contributed by atoms with Gasteiger partial charge in [-0.2, -0.15) is 0 Å². The van der Waals surface area contributed by atoms with Crippen molar-refractivity contribution in [3.8, 4) is 0 Å². The van der Waals surface area contributed by atoms with Crippen LogP contribution < -0.4 is 10.1 Å². The molecule has 1 aliphatic heterocycles. The Kier molecular flexibility index (Phi) is 3.96. The lowest BCUT2D eigenvalue weighted by Crippen LogP contribution is -2.48. The molecular formula is C12H10N2O3S2. The van der Waals surface area contributed by atoms with Gasteiger partial charge in [-0.25, -0.2) is 4.98 Å². The number of nitrogens with zero attached hydrogens (tertiary/aromatic N) is 1. The van der Waals surface area contributed by atoms with Gasteiger partial charge < -0.3 is 9.90 Å². The van der Waals surface area contributed by atoms with E-state index in [4.69, 9.17) is 12.2 Å². The number of aromatic amines is 1. The van der Waals surface area contributed by atoms with Crippen molar-refractivity contribution in [2.75, 3.05) is 0 Å². The van der Waals surface area contributed by atoms with E-state index < -0.39 is 17.9 Å². The molecule has 1 aromatic rings. The Balaban J connectivity index is 2.28. The van der Waals surface area contributed by atoms with Crippen LogP contribution in [0.3, 0.4) is 0 Å². The summed E-state index contributed by atoms with van der Waals surface area (Å²) in [6.07, 6.45) is 3.37. The number of carbonyl (C=O) groups excluding carboxylic acids is 2. The molecule has 1 atom stereocenters. The molecule has 1 N–H and O–H groups in total. The van der Waals surface area contributed by atoms with Crippen LogP contribution >= 0.6 is 24.0 Å². The predicted molar refractivity (Wildman–Crippen MR) is 72.5 cm³/mol. The molecule has 1 amide bonds. The van der Waals surface area contributed by atoms with Gasteiger partial charge in [0.2, 0.25) is 5.69 Å². The second kappa shape index (κ2) is 5.50. The second-order valence-corrected chi connectivity index (χ2v) is 5.54. The topological polar surface area (TPSA) is 74.6 Å². The first-order valence-electron chi connectivity index (χ1n) is 5.45. The van der Waals surface area contributed by atoms with Crippen LogP contribution in [0.1, 0.15) is 12.6 Å². The fraction of sp³-hybridized carbons (Fsp3) is 0.167. The predicted octanol–water partition coefficient (Wildman–Crippen LogP) is -0.160. The number of carboxylic acids is 1. The lowest BCUT2D eigenvalue weighted by molar-refractivity contribution is -0.380. The number of carboxylic acid groups (broad SMARTS) is 1.